The van der Waals surface area contributed by atoms with E-state index in [4.69, 9.17) is 9.36 Å². The summed E-state index contributed by atoms with van der Waals surface area (Å²) in [6, 6.07) is 17.6. The molecule has 1 aromatic heterocycles. The molecule has 0 aliphatic carbocycles. The lowest BCUT2D eigenvalue weighted by atomic mass is 10.1. The summed E-state index contributed by atoms with van der Waals surface area (Å²) in [5, 5.41) is 7.85. The van der Waals surface area contributed by atoms with Crippen molar-refractivity contribution < 1.29 is 9.36 Å². The molecule has 0 aliphatic rings. The van der Waals surface area contributed by atoms with Crippen molar-refractivity contribution >= 4 is 6.21 Å². The van der Waals surface area contributed by atoms with Crippen LogP contribution in [0.3, 0.4) is 0 Å². The van der Waals surface area contributed by atoms with Crippen molar-refractivity contribution in [2.45, 2.75) is 13.5 Å². The Morgan fingerprint density at radius 2 is 1.86 bits per heavy atom. The van der Waals surface area contributed by atoms with Crippen LogP contribution in [0, 0.1) is 6.92 Å². The predicted molar refractivity (Wildman–Crippen MR) is 83.3 cm³/mol. The molecule has 5 nitrogen and oxygen atoms in total. The summed E-state index contributed by atoms with van der Waals surface area (Å²) in [5.41, 5.74) is 3.01. The highest BCUT2D eigenvalue weighted by Crippen LogP contribution is 2.19. The average Bonchev–Trinajstić information content (AvgIpc) is 3.02. The third-order valence-corrected chi connectivity index (χ3v) is 3.12. The lowest BCUT2D eigenvalue weighted by Crippen LogP contribution is -1.89. The van der Waals surface area contributed by atoms with Crippen molar-refractivity contribution in [3.05, 3.63) is 71.6 Å². The highest BCUT2D eigenvalue weighted by Gasteiger charge is 2.10. The van der Waals surface area contributed by atoms with Gasteiger partial charge in [-0.2, -0.15) is 4.98 Å². The van der Waals surface area contributed by atoms with Crippen molar-refractivity contribution in [2.75, 3.05) is 0 Å². The number of rotatable bonds is 5. The fourth-order valence-electron chi connectivity index (χ4n) is 1.98. The molecule has 0 saturated heterocycles. The number of hydrogen-bond acceptors (Lipinski definition) is 5. The normalized spacial score (nSPS) is 11.0. The molecule has 0 amide bonds. The van der Waals surface area contributed by atoms with E-state index in [-0.39, 0.29) is 6.61 Å². The highest BCUT2D eigenvalue weighted by atomic mass is 16.6. The summed E-state index contributed by atoms with van der Waals surface area (Å²) in [6.45, 7) is 2.15. The zero-order valence-electron chi connectivity index (χ0n) is 12.1. The second-order valence-corrected chi connectivity index (χ2v) is 4.75. The van der Waals surface area contributed by atoms with Crippen LogP contribution in [0.15, 0.2) is 64.3 Å². The molecule has 3 aromatic rings. The summed E-state index contributed by atoms with van der Waals surface area (Å²) in [7, 11) is 0. The molecule has 110 valence electrons. The maximum Gasteiger partial charge on any atom is 0.267 e. The van der Waals surface area contributed by atoms with Gasteiger partial charge >= 0.3 is 0 Å². The number of benzene rings is 2. The minimum atomic E-state index is 0.141. The number of nitrogens with zero attached hydrogens (tertiary/aromatic N) is 3. The Balaban J connectivity index is 1.61. The quantitative estimate of drug-likeness (QED) is 0.532. The Kier molecular flexibility index (Phi) is 4.25. The molecule has 0 spiro atoms. The van der Waals surface area contributed by atoms with Gasteiger partial charge in [0.2, 0.25) is 5.82 Å². The first kappa shape index (κ1) is 14.0. The summed E-state index contributed by atoms with van der Waals surface area (Å²) < 4.78 is 5.17. The molecule has 5 heteroatoms. The zero-order valence-corrected chi connectivity index (χ0v) is 12.1. The SMILES string of the molecule is Cc1ccccc1-c1noc(CO/N=C\c2ccccc2)n1. The van der Waals surface area contributed by atoms with E-state index in [1.165, 1.54) is 0 Å². The number of aryl methyl sites for hydroxylation is 1. The summed E-state index contributed by atoms with van der Waals surface area (Å²) in [5.74, 6) is 0.951. The largest absolute Gasteiger partial charge is 0.386 e. The molecule has 0 bridgehead atoms. The fourth-order valence-corrected chi connectivity index (χ4v) is 1.98. The van der Waals surface area contributed by atoms with Crippen LogP contribution in [0.25, 0.3) is 11.4 Å². The van der Waals surface area contributed by atoms with E-state index >= 15 is 0 Å². The maximum absolute atomic E-state index is 5.18. The summed E-state index contributed by atoms with van der Waals surface area (Å²) in [6.07, 6.45) is 1.64. The van der Waals surface area contributed by atoms with Gasteiger partial charge in [0.25, 0.3) is 5.89 Å². The van der Waals surface area contributed by atoms with Crippen molar-refractivity contribution in [3.8, 4) is 11.4 Å². The van der Waals surface area contributed by atoms with Gasteiger partial charge in [-0.05, 0) is 18.1 Å². The van der Waals surface area contributed by atoms with Gasteiger partial charge < -0.3 is 9.36 Å². The molecule has 0 fully saturated rings. The smallest absolute Gasteiger partial charge is 0.267 e. The van der Waals surface area contributed by atoms with Gasteiger partial charge in [0, 0.05) is 5.56 Å². The molecule has 3 rings (SSSR count). The van der Waals surface area contributed by atoms with Crippen LogP contribution in [0.2, 0.25) is 0 Å². The first-order valence-corrected chi connectivity index (χ1v) is 6.92. The van der Waals surface area contributed by atoms with Crippen LogP contribution >= 0.6 is 0 Å². The van der Waals surface area contributed by atoms with Gasteiger partial charge in [-0.15, -0.1) is 0 Å². The van der Waals surface area contributed by atoms with E-state index in [9.17, 15) is 0 Å². The Morgan fingerprint density at radius 1 is 1.09 bits per heavy atom. The Bertz CT molecular complexity index is 766. The van der Waals surface area contributed by atoms with Crippen LogP contribution < -0.4 is 0 Å². The van der Waals surface area contributed by atoms with Gasteiger partial charge in [-0.3, -0.25) is 0 Å². The molecule has 22 heavy (non-hydrogen) atoms. The Morgan fingerprint density at radius 3 is 2.68 bits per heavy atom. The van der Waals surface area contributed by atoms with Crippen LogP contribution in [0.5, 0.6) is 0 Å². The van der Waals surface area contributed by atoms with Crippen LogP contribution in [0.4, 0.5) is 0 Å². The van der Waals surface area contributed by atoms with Gasteiger partial charge in [-0.1, -0.05) is 64.9 Å². The molecule has 1 heterocycles. The molecule has 0 unspecified atom stereocenters. The van der Waals surface area contributed by atoms with Crippen molar-refractivity contribution in [1.82, 2.24) is 10.1 Å². The van der Waals surface area contributed by atoms with Crippen molar-refractivity contribution in [2.24, 2.45) is 5.16 Å². The first-order valence-electron chi connectivity index (χ1n) is 6.92. The molecule has 0 aliphatic heterocycles. The Hall–Kier alpha value is -2.95. The van der Waals surface area contributed by atoms with E-state index in [1.54, 1.807) is 6.21 Å². The van der Waals surface area contributed by atoms with Crippen LogP contribution in [-0.2, 0) is 11.4 Å². The highest BCUT2D eigenvalue weighted by molar-refractivity contribution is 5.78. The van der Waals surface area contributed by atoms with Gasteiger partial charge in [0.1, 0.15) is 0 Å². The third kappa shape index (κ3) is 3.38. The third-order valence-electron chi connectivity index (χ3n) is 3.12. The molecule has 2 aromatic carbocycles. The van der Waals surface area contributed by atoms with E-state index in [1.807, 2.05) is 61.5 Å². The zero-order chi connectivity index (χ0) is 15.2. The fraction of sp³-hybridized carbons (Fsp3) is 0.118. The first-order chi connectivity index (χ1) is 10.8. The van der Waals surface area contributed by atoms with Gasteiger partial charge in [0.15, 0.2) is 6.61 Å². The average molecular weight is 293 g/mol. The minimum absolute atomic E-state index is 0.141. The van der Waals surface area contributed by atoms with Crippen molar-refractivity contribution in [3.63, 3.8) is 0 Å². The number of aromatic nitrogens is 2. The lowest BCUT2D eigenvalue weighted by molar-refractivity contribution is 0.107. The van der Waals surface area contributed by atoms with Crippen LogP contribution in [0.1, 0.15) is 17.0 Å². The summed E-state index contributed by atoms with van der Waals surface area (Å²) in [4.78, 5) is 9.49. The second-order valence-electron chi connectivity index (χ2n) is 4.75. The van der Waals surface area contributed by atoms with E-state index in [2.05, 4.69) is 15.3 Å². The predicted octanol–water partition coefficient (Wildman–Crippen LogP) is 3.60. The molecular weight excluding hydrogens is 278 g/mol. The van der Waals surface area contributed by atoms with E-state index in [0.717, 1.165) is 16.7 Å². The second kappa shape index (κ2) is 6.67. The molecule has 0 atom stereocenters. The van der Waals surface area contributed by atoms with E-state index in [0.29, 0.717) is 11.7 Å². The lowest BCUT2D eigenvalue weighted by Gasteiger charge is -1.98. The van der Waals surface area contributed by atoms with Gasteiger partial charge in [0.05, 0.1) is 6.21 Å². The maximum atomic E-state index is 5.18. The summed E-state index contributed by atoms with van der Waals surface area (Å²) >= 11 is 0. The molecular formula is C17H15N3O2. The number of oxime groups is 1. The standard InChI is InChI=1S/C17H15N3O2/c1-13-7-5-6-10-15(13)17-19-16(22-20-17)12-21-18-11-14-8-3-2-4-9-14/h2-11H,12H2,1H3/b18-11-. The minimum Gasteiger partial charge on any atom is -0.386 e. The van der Waals surface area contributed by atoms with Gasteiger partial charge in [-0.25, -0.2) is 0 Å². The van der Waals surface area contributed by atoms with E-state index < -0.39 is 0 Å². The Labute approximate surface area is 128 Å². The molecule has 0 saturated carbocycles. The van der Waals surface area contributed by atoms with Crippen LogP contribution in [-0.4, -0.2) is 16.4 Å². The molecule has 0 N–H and O–H groups in total. The molecule has 0 radical (unpaired) electrons. The van der Waals surface area contributed by atoms with Crippen molar-refractivity contribution in [1.29, 1.82) is 0 Å². The number of hydrogen-bond donors (Lipinski definition) is 0. The topological polar surface area (TPSA) is 60.5 Å². The monoisotopic (exact) mass is 293 g/mol.